The lowest BCUT2D eigenvalue weighted by molar-refractivity contribution is -0.144. The molecule has 1 amide bonds. The van der Waals surface area contributed by atoms with Crippen LogP contribution < -0.4 is 10.2 Å². The van der Waals surface area contributed by atoms with Crippen LogP contribution in [0.4, 0.5) is 4.79 Å². The quantitative estimate of drug-likeness (QED) is 0.646. The van der Waals surface area contributed by atoms with E-state index in [-0.39, 0.29) is 6.61 Å². The van der Waals surface area contributed by atoms with Crippen molar-refractivity contribution >= 4 is 12.1 Å². The van der Waals surface area contributed by atoms with Crippen molar-refractivity contribution in [2.24, 2.45) is 0 Å². The molecule has 1 heterocycles. The molecule has 0 fully saturated rings. The molecule has 19 heavy (non-hydrogen) atoms. The molecule has 0 aromatic carbocycles. The zero-order chi connectivity index (χ0) is 14.3. The molecule has 8 heteroatoms. The standard InChI is InChI=1S/C11H16N2O6/c1-2-3-6-18-11(17)12-7-10(16)19-13-8(14)4-5-9(13)15/h4-5,14-15H,2-3,6-7H2,1H3,(H,12,17). The highest BCUT2D eigenvalue weighted by Crippen LogP contribution is 2.18. The van der Waals surface area contributed by atoms with E-state index >= 15 is 0 Å². The lowest BCUT2D eigenvalue weighted by Gasteiger charge is -2.08. The number of rotatable bonds is 6. The molecule has 0 aliphatic rings. The molecule has 0 aliphatic carbocycles. The largest absolute Gasteiger partial charge is 0.492 e. The first kappa shape index (κ1) is 14.7. The third kappa shape index (κ3) is 4.78. The van der Waals surface area contributed by atoms with Crippen molar-refractivity contribution in [1.29, 1.82) is 0 Å². The van der Waals surface area contributed by atoms with Crippen LogP contribution in [0, 0.1) is 0 Å². The molecule has 1 aromatic heterocycles. The zero-order valence-corrected chi connectivity index (χ0v) is 10.5. The van der Waals surface area contributed by atoms with Crippen molar-refractivity contribution < 1.29 is 29.4 Å². The van der Waals surface area contributed by atoms with E-state index in [1.54, 1.807) is 0 Å². The van der Waals surface area contributed by atoms with Crippen molar-refractivity contribution in [3.05, 3.63) is 12.1 Å². The fourth-order valence-corrected chi connectivity index (χ4v) is 1.13. The van der Waals surface area contributed by atoms with Crippen molar-refractivity contribution in [3.8, 4) is 11.8 Å². The van der Waals surface area contributed by atoms with Crippen LogP contribution in [0.2, 0.25) is 0 Å². The maximum atomic E-state index is 11.3. The number of ether oxygens (including phenoxy) is 1. The Morgan fingerprint density at radius 1 is 1.32 bits per heavy atom. The smallest absolute Gasteiger partial charge is 0.407 e. The predicted octanol–water partition coefficient (Wildman–Crippen LogP) is 0.381. The van der Waals surface area contributed by atoms with Gasteiger partial charge in [0, 0.05) is 12.1 Å². The Bertz CT molecular complexity index is 423. The second kappa shape index (κ2) is 7.14. The molecule has 3 N–H and O–H groups in total. The van der Waals surface area contributed by atoms with E-state index in [0.29, 0.717) is 4.73 Å². The van der Waals surface area contributed by atoms with Gasteiger partial charge in [0.1, 0.15) is 6.54 Å². The number of aromatic hydroxyl groups is 2. The Morgan fingerprint density at radius 3 is 2.53 bits per heavy atom. The number of nitrogens with zero attached hydrogens (tertiary/aromatic N) is 1. The van der Waals surface area contributed by atoms with Crippen molar-refractivity contribution in [3.63, 3.8) is 0 Å². The lowest BCUT2D eigenvalue weighted by atomic mass is 10.4. The number of aromatic nitrogens is 1. The molecule has 0 radical (unpaired) electrons. The number of hydrogen-bond donors (Lipinski definition) is 3. The van der Waals surface area contributed by atoms with Gasteiger partial charge in [-0.1, -0.05) is 13.3 Å². The molecule has 0 atom stereocenters. The Hall–Kier alpha value is -2.38. The number of nitrogens with one attached hydrogen (secondary N) is 1. The summed E-state index contributed by atoms with van der Waals surface area (Å²) >= 11 is 0. The van der Waals surface area contributed by atoms with Crippen LogP contribution in [0.1, 0.15) is 19.8 Å². The van der Waals surface area contributed by atoms with E-state index in [0.717, 1.165) is 25.0 Å². The summed E-state index contributed by atoms with van der Waals surface area (Å²) in [5.41, 5.74) is 0. The van der Waals surface area contributed by atoms with E-state index < -0.39 is 30.4 Å². The van der Waals surface area contributed by atoms with Crippen LogP contribution in [0.25, 0.3) is 0 Å². The maximum Gasteiger partial charge on any atom is 0.407 e. The van der Waals surface area contributed by atoms with Crippen LogP contribution in [0.5, 0.6) is 11.8 Å². The first-order valence-corrected chi connectivity index (χ1v) is 5.76. The molecule has 0 saturated heterocycles. The second-order valence-electron chi connectivity index (χ2n) is 3.65. The van der Waals surface area contributed by atoms with Gasteiger partial charge in [-0.05, 0) is 6.42 Å². The third-order valence-corrected chi connectivity index (χ3v) is 2.10. The summed E-state index contributed by atoms with van der Waals surface area (Å²) in [5.74, 6) is -1.73. The van der Waals surface area contributed by atoms with Gasteiger partial charge in [0.2, 0.25) is 11.8 Å². The third-order valence-electron chi connectivity index (χ3n) is 2.10. The molecule has 0 unspecified atom stereocenters. The van der Waals surface area contributed by atoms with Crippen LogP contribution in [0.15, 0.2) is 12.1 Å². The minimum absolute atomic E-state index is 0.274. The Balaban J connectivity index is 2.30. The van der Waals surface area contributed by atoms with Gasteiger partial charge in [0.15, 0.2) is 0 Å². The number of carbonyl (C=O) groups excluding carboxylic acids is 2. The molecule has 0 aliphatic heterocycles. The first-order valence-electron chi connectivity index (χ1n) is 5.76. The summed E-state index contributed by atoms with van der Waals surface area (Å²) in [4.78, 5) is 27.0. The number of hydrogen-bond acceptors (Lipinski definition) is 6. The second-order valence-corrected chi connectivity index (χ2v) is 3.65. The van der Waals surface area contributed by atoms with Crippen molar-refractivity contribution in [2.75, 3.05) is 13.2 Å². The number of amides is 1. The summed E-state index contributed by atoms with van der Waals surface area (Å²) in [7, 11) is 0. The Kier molecular flexibility index (Phi) is 5.52. The molecule has 1 aromatic rings. The van der Waals surface area contributed by atoms with E-state index in [9.17, 15) is 19.8 Å². The summed E-state index contributed by atoms with van der Waals surface area (Å²) in [6.07, 6.45) is 0.899. The molecule has 0 bridgehead atoms. The molecule has 106 valence electrons. The van der Waals surface area contributed by atoms with Gasteiger partial charge in [-0.3, -0.25) is 0 Å². The van der Waals surface area contributed by atoms with E-state index in [2.05, 4.69) is 10.2 Å². The monoisotopic (exact) mass is 272 g/mol. The lowest BCUT2D eigenvalue weighted by Crippen LogP contribution is -2.34. The number of carbonyl (C=O) groups is 2. The van der Waals surface area contributed by atoms with Gasteiger partial charge in [-0.15, -0.1) is 4.73 Å². The van der Waals surface area contributed by atoms with Gasteiger partial charge in [-0.25, -0.2) is 9.59 Å². The van der Waals surface area contributed by atoms with Gasteiger partial charge >= 0.3 is 12.1 Å². The predicted molar refractivity (Wildman–Crippen MR) is 63.6 cm³/mol. The summed E-state index contributed by atoms with van der Waals surface area (Å²) in [6, 6.07) is 2.30. The number of alkyl carbamates (subject to hydrolysis) is 1. The molecule has 0 saturated carbocycles. The summed E-state index contributed by atoms with van der Waals surface area (Å²) < 4.78 is 5.29. The topological polar surface area (TPSA) is 110 Å². The fourth-order valence-electron chi connectivity index (χ4n) is 1.13. The summed E-state index contributed by atoms with van der Waals surface area (Å²) in [6.45, 7) is 1.78. The minimum atomic E-state index is -0.866. The maximum absolute atomic E-state index is 11.3. The highest BCUT2D eigenvalue weighted by atomic mass is 16.7. The van der Waals surface area contributed by atoms with Crippen LogP contribution in [0.3, 0.4) is 0 Å². The Morgan fingerprint density at radius 2 is 1.95 bits per heavy atom. The SMILES string of the molecule is CCCCOC(=O)NCC(=O)On1c(O)ccc1O. The number of unbranched alkanes of at least 4 members (excludes halogenated alkanes) is 1. The van der Waals surface area contributed by atoms with E-state index in [4.69, 9.17) is 4.74 Å². The van der Waals surface area contributed by atoms with Gasteiger partial charge in [0.05, 0.1) is 6.61 Å². The van der Waals surface area contributed by atoms with E-state index in [1.807, 2.05) is 6.92 Å². The van der Waals surface area contributed by atoms with Crippen molar-refractivity contribution in [2.45, 2.75) is 19.8 Å². The summed E-state index contributed by atoms with van der Waals surface area (Å²) in [5, 5.41) is 20.6. The zero-order valence-electron chi connectivity index (χ0n) is 10.5. The van der Waals surface area contributed by atoms with Crippen molar-refractivity contribution in [1.82, 2.24) is 10.0 Å². The van der Waals surface area contributed by atoms with E-state index in [1.165, 1.54) is 0 Å². The average Bonchev–Trinajstić information content (AvgIpc) is 2.68. The molecule has 1 rings (SSSR count). The molecular weight excluding hydrogens is 256 g/mol. The average molecular weight is 272 g/mol. The van der Waals surface area contributed by atoms with Crippen LogP contribution in [-0.4, -0.2) is 40.2 Å². The van der Waals surface area contributed by atoms with Gasteiger partial charge in [-0.2, -0.15) is 0 Å². The molecule has 8 nitrogen and oxygen atoms in total. The minimum Gasteiger partial charge on any atom is -0.492 e. The highest BCUT2D eigenvalue weighted by molar-refractivity contribution is 5.78. The molecular formula is C11H16N2O6. The molecule has 0 spiro atoms. The van der Waals surface area contributed by atoms with Gasteiger partial charge < -0.3 is 25.1 Å². The normalized spacial score (nSPS) is 9.95. The van der Waals surface area contributed by atoms with Crippen LogP contribution in [-0.2, 0) is 9.53 Å². The Labute approximate surface area is 109 Å². The van der Waals surface area contributed by atoms with Gasteiger partial charge in [0.25, 0.3) is 0 Å². The first-order chi connectivity index (χ1) is 9.04. The fraction of sp³-hybridized carbons (Fsp3) is 0.455. The highest BCUT2D eigenvalue weighted by Gasteiger charge is 2.13. The van der Waals surface area contributed by atoms with Crippen LogP contribution >= 0.6 is 0 Å².